The molecule has 5 nitrogen and oxygen atoms in total. The molecule has 5 heteroatoms. The summed E-state index contributed by atoms with van der Waals surface area (Å²) in [6.45, 7) is 3.10. The van der Waals surface area contributed by atoms with Crippen LogP contribution in [-0.4, -0.2) is 34.9 Å². The van der Waals surface area contributed by atoms with Crippen LogP contribution in [0.3, 0.4) is 0 Å². The minimum absolute atomic E-state index is 0.0300. The third-order valence-electron chi connectivity index (χ3n) is 2.99. The summed E-state index contributed by atoms with van der Waals surface area (Å²) in [5, 5.41) is 12.1. The molecule has 0 aromatic heterocycles. The average molecular weight is 248 g/mol. The van der Waals surface area contributed by atoms with Gasteiger partial charge in [-0.2, -0.15) is 0 Å². The Balaban J connectivity index is 2.04. The first-order valence-corrected chi connectivity index (χ1v) is 5.98. The summed E-state index contributed by atoms with van der Waals surface area (Å²) in [5.41, 5.74) is 1.15. The van der Waals surface area contributed by atoms with Gasteiger partial charge in [-0.1, -0.05) is 6.07 Å². The number of nitrogens with zero attached hydrogens (tertiary/aromatic N) is 1. The summed E-state index contributed by atoms with van der Waals surface area (Å²) in [4.78, 5) is 25.0. The molecule has 0 aliphatic carbocycles. The van der Waals surface area contributed by atoms with Crippen molar-refractivity contribution in [2.24, 2.45) is 0 Å². The zero-order valence-electron chi connectivity index (χ0n) is 10.3. The van der Waals surface area contributed by atoms with Crippen LogP contribution < -0.4 is 5.32 Å². The number of aromatic hydroxyl groups is 1. The van der Waals surface area contributed by atoms with E-state index < -0.39 is 11.8 Å². The molecule has 0 bridgehead atoms. The van der Waals surface area contributed by atoms with Crippen molar-refractivity contribution < 1.29 is 14.7 Å². The van der Waals surface area contributed by atoms with Crippen LogP contribution >= 0.6 is 0 Å². The Bertz CT molecular complexity index is 479. The maximum absolute atomic E-state index is 11.8. The van der Waals surface area contributed by atoms with Crippen LogP contribution in [0.1, 0.15) is 18.4 Å². The zero-order chi connectivity index (χ0) is 13.1. The van der Waals surface area contributed by atoms with Crippen LogP contribution in [0.25, 0.3) is 0 Å². The lowest BCUT2D eigenvalue weighted by Gasteiger charge is -2.15. The minimum atomic E-state index is -0.698. The highest BCUT2D eigenvalue weighted by molar-refractivity contribution is 6.39. The molecule has 0 radical (unpaired) electrons. The van der Waals surface area contributed by atoms with Gasteiger partial charge < -0.3 is 15.3 Å². The number of rotatable bonds is 1. The summed E-state index contributed by atoms with van der Waals surface area (Å²) in [5.74, 6) is -1.26. The van der Waals surface area contributed by atoms with Gasteiger partial charge in [0.2, 0.25) is 0 Å². The third-order valence-corrected chi connectivity index (χ3v) is 2.99. The van der Waals surface area contributed by atoms with Gasteiger partial charge in [-0.3, -0.25) is 9.59 Å². The van der Waals surface area contributed by atoms with Gasteiger partial charge >= 0.3 is 11.8 Å². The molecular formula is C13H16N2O3. The van der Waals surface area contributed by atoms with Gasteiger partial charge in [0.15, 0.2) is 0 Å². The minimum Gasteiger partial charge on any atom is -0.506 e. The fourth-order valence-corrected chi connectivity index (χ4v) is 1.99. The normalized spacial score (nSPS) is 14.6. The molecule has 1 fully saturated rings. The number of nitrogens with one attached hydrogen (secondary N) is 1. The Labute approximate surface area is 105 Å². The molecule has 1 heterocycles. The second kappa shape index (κ2) is 5.08. The van der Waals surface area contributed by atoms with E-state index in [1.807, 2.05) is 6.92 Å². The number of benzene rings is 1. The first-order chi connectivity index (χ1) is 8.58. The Kier molecular flexibility index (Phi) is 3.50. The van der Waals surface area contributed by atoms with Crippen LogP contribution in [0.2, 0.25) is 0 Å². The molecule has 0 atom stereocenters. The number of phenolic OH excluding ortho intramolecular Hbond substituents is 1. The molecule has 1 aromatic rings. The summed E-state index contributed by atoms with van der Waals surface area (Å²) < 4.78 is 0. The van der Waals surface area contributed by atoms with E-state index in [1.165, 1.54) is 11.0 Å². The molecule has 96 valence electrons. The summed E-state index contributed by atoms with van der Waals surface area (Å²) in [7, 11) is 0. The molecule has 1 aromatic carbocycles. The van der Waals surface area contributed by atoms with Crippen molar-refractivity contribution in [2.45, 2.75) is 19.8 Å². The zero-order valence-corrected chi connectivity index (χ0v) is 10.3. The Morgan fingerprint density at radius 2 is 1.94 bits per heavy atom. The number of anilines is 1. The topological polar surface area (TPSA) is 69.6 Å². The molecule has 1 aliphatic heterocycles. The summed E-state index contributed by atoms with van der Waals surface area (Å²) >= 11 is 0. The van der Waals surface area contributed by atoms with Crippen LogP contribution in [-0.2, 0) is 9.59 Å². The fraction of sp³-hybridized carbons (Fsp3) is 0.385. The van der Waals surface area contributed by atoms with E-state index in [-0.39, 0.29) is 11.4 Å². The van der Waals surface area contributed by atoms with Gasteiger partial charge in [0.25, 0.3) is 0 Å². The van der Waals surface area contributed by atoms with E-state index in [0.717, 1.165) is 18.4 Å². The van der Waals surface area contributed by atoms with Crippen molar-refractivity contribution >= 4 is 17.5 Å². The van der Waals surface area contributed by atoms with Crippen LogP contribution in [0.5, 0.6) is 5.75 Å². The number of carbonyl (C=O) groups excluding carboxylic acids is 2. The van der Waals surface area contributed by atoms with Gasteiger partial charge in [0.1, 0.15) is 5.75 Å². The molecule has 0 spiro atoms. The van der Waals surface area contributed by atoms with Gasteiger partial charge in [-0.25, -0.2) is 0 Å². The lowest BCUT2D eigenvalue weighted by Crippen LogP contribution is -2.37. The number of amides is 2. The third kappa shape index (κ3) is 2.61. The van der Waals surface area contributed by atoms with Gasteiger partial charge in [-0.05, 0) is 37.5 Å². The highest BCUT2D eigenvalue weighted by atomic mass is 16.3. The van der Waals surface area contributed by atoms with Gasteiger partial charge in [0, 0.05) is 13.1 Å². The molecule has 0 saturated carbocycles. The second-order valence-corrected chi connectivity index (χ2v) is 4.47. The Hall–Kier alpha value is -2.04. The number of aryl methyl sites for hydroxylation is 1. The van der Waals surface area contributed by atoms with Crippen molar-refractivity contribution in [3.8, 4) is 5.75 Å². The number of phenols is 1. The highest BCUT2D eigenvalue weighted by Crippen LogP contribution is 2.23. The molecule has 0 unspecified atom stereocenters. The lowest BCUT2D eigenvalue weighted by molar-refractivity contribution is -0.142. The number of hydrogen-bond donors (Lipinski definition) is 2. The Morgan fingerprint density at radius 1 is 1.28 bits per heavy atom. The fourth-order valence-electron chi connectivity index (χ4n) is 1.99. The van der Waals surface area contributed by atoms with E-state index in [0.29, 0.717) is 13.1 Å². The van der Waals surface area contributed by atoms with E-state index >= 15 is 0 Å². The van der Waals surface area contributed by atoms with E-state index in [4.69, 9.17) is 0 Å². The largest absolute Gasteiger partial charge is 0.506 e. The van der Waals surface area contributed by atoms with Crippen molar-refractivity contribution in [3.63, 3.8) is 0 Å². The number of hydrogen-bond acceptors (Lipinski definition) is 3. The molecule has 2 rings (SSSR count). The summed E-state index contributed by atoms with van der Waals surface area (Å²) in [6, 6.07) is 4.88. The SMILES string of the molecule is Cc1ccc(NC(=O)C(=O)N2CCCC2)c(O)c1. The molecular weight excluding hydrogens is 232 g/mol. The molecule has 1 aliphatic rings. The summed E-state index contributed by atoms with van der Waals surface area (Å²) in [6.07, 6.45) is 1.88. The van der Waals surface area contributed by atoms with Crippen LogP contribution in [0.4, 0.5) is 5.69 Å². The van der Waals surface area contributed by atoms with Crippen molar-refractivity contribution in [3.05, 3.63) is 23.8 Å². The van der Waals surface area contributed by atoms with E-state index in [2.05, 4.69) is 5.32 Å². The maximum atomic E-state index is 11.8. The lowest BCUT2D eigenvalue weighted by atomic mass is 10.2. The second-order valence-electron chi connectivity index (χ2n) is 4.47. The van der Waals surface area contributed by atoms with Crippen molar-refractivity contribution in [2.75, 3.05) is 18.4 Å². The maximum Gasteiger partial charge on any atom is 0.314 e. The first-order valence-electron chi connectivity index (χ1n) is 5.98. The predicted molar refractivity (Wildman–Crippen MR) is 67.3 cm³/mol. The van der Waals surface area contributed by atoms with Crippen LogP contribution in [0.15, 0.2) is 18.2 Å². The van der Waals surface area contributed by atoms with E-state index in [1.54, 1.807) is 12.1 Å². The molecule has 2 amide bonds. The Morgan fingerprint density at radius 3 is 2.56 bits per heavy atom. The monoisotopic (exact) mass is 248 g/mol. The van der Waals surface area contributed by atoms with Crippen LogP contribution in [0, 0.1) is 6.92 Å². The highest BCUT2D eigenvalue weighted by Gasteiger charge is 2.24. The number of likely N-dealkylation sites (tertiary alicyclic amines) is 1. The number of carbonyl (C=O) groups is 2. The van der Waals surface area contributed by atoms with Crippen molar-refractivity contribution in [1.29, 1.82) is 0 Å². The average Bonchev–Trinajstić information content (AvgIpc) is 2.85. The molecule has 18 heavy (non-hydrogen) atoms. The van der Waals surface area contributed by atoms with Gasteiger partial charge in [0.05, 0.1) is 5.69 Å². The molecule has 1 saturated heterocycles. The predicted octanol–water partition coefficient (Wildman–Crippen LogP) is 1.26. The smallest absolute Gasteiger partial charge is 0.314 e. The molecule has 2 N–H and O–H groups in total. The van der Waals surface area contributed by atoms with E-state index in [9.17, 15) is 14.7 Å². The first kappa shape index (κ1) is 12.4. The van der Waals surface area contributed by atoms with Gasteiger partial charge in [-0.15, -0.1) is 0 Å². The van der Waals surface area contributed by atoms with Crippen molar-refractivity contribution in [1.82, 2.24) is 4.90 Å². The standard InChI is InChI=1S/C13H16N2O3/c1-9-4-5-10(11(16)8-9)14-12(17)13(18)15-6-2-3-7-15/h4-5,8,16H,2-3,6-7H2,1H3,(H,14,17). The quantitative estimate of drug-likeness (QED) is 0.580.